The lowest BCUT2D eigenvalue weighted by Gasteiger charge is -1.99. The molecule has 2 nitrogen and oxygen atoms in total. The molecule has 2 aromatic heterocycles. The molecule has 3 heteroatoms. The van der Waals surface area contributed by atoms with Crippen LogP contribution in [0.1, 0.15) is 24.8 Å². The molecular weight excluding hydrogens is 252 g/mol. The van der Waals surface area contributed by atoms with Gasteiger partial charge in [-0.15, -0.1) is 0 Å². The van der Waals surface area contributed by atoms with Crippen LogP contribution in [-0.2, 0) is 0 Å². The molecule has 0 N–H and O–H groups in total. The molecule has 0 saturated carbocycles. The Morgan fingerprint density at radius 3 is 3.13 bits per heavy atom. The molecule has 0 atom stereocenters. The zero-order chi connectivity index (χ0) is 10.3. The van der Waals surface area contributed by atoms with Crippen LogP contribution in [0.25, 0.3) is 11.1 Å². The lowest BCUT2D eigenvalue weighted by Crippen LogP contribution is -1.85. The third kappa shape index (κ3) is 1.51. The van der Waals surface area contributed by atoms with Crippen LogP contribution in [0.2, 0.25) is 0 Å². The van der Waals surface area contributed by atoms with Crippen LogP contribution >= 0.6 is 15.9 Å². The van der Waals surface area contributed by atoms with Gasteiger partial charge in [0.25, 0.3) is 0 Å². The standard InChI is InChI=1S/C12H11BrN2/c13-10-5-6-15-12(7-10)11(8-14-15)9-3-1-2-4-9/h3,5-8H,1-2,4H2. The highest BCUT2D eigenvalue weighted by Gasteiger charge is 2.12. The van der Waals surface area contributed by atoms with E-state index < -0.39 is 0 Å². The third-order valence-corrected chi connectivity index (χ3v) is 3.36. The van der Waals surface area contributed by atoms with E-state index >= 15 is 0 Å². The maximum Gasteiger partial charge on any atom is 0.0747 e. The number of hydrogen-bond donors (Lipinski definition) is 0. The Labute approximate surface area is 96.7 Å². The second kappa shape index (κ2) is 3.49. The van der Waals surface area contributed by atoms with Gasteiger partial charge < -0.3 is 0 Å². The van der Waals surface area contributed by atoms with Crippen molar-refractivity contribution in [2.75, 3.05) is 0 Å². The molecule has 0 amide bonds. The van der Waals surface area contributed by atoms with Crippen molar-refractivity contribution in [2.45, 2.75) is 19.3 Å². The van der Waals surface area contributed by atoms with Gasteiger partial charge in [0.05, 0.1) is 11.7 Å². The van der Waals surface area contributed by atoms with Crippen LogP contribution in [0.3, 0.4) is 0 Å². The number of pyridine rings is 1. The average molecular weight is 263 g/mol. The number of nitrogens with zero attached hydrogens (tertiary/aromatic N) is 2. The Balaban J connectivity index is 2.22. The van der Waals surface area contributed by atoms with Gasteiger partial charge in [-0.25, -0.2) is 4.52 Å². The van der Waals surface area contributed by atoms with Crippen molar-refractivity contribution in [3.8, 4) is 0 Å². The first-order valence-corrected chi connectivity index (χ1v) is 5.96. The van der Waals surface area contributed by atoms with E-state index in [1.54, 1.807) is 0 Å². The van der Waals surface area contributed by atoms with Crippen molar-refractivity contribution in [3.63, 3.8) is 0 Å². The lowest BCUT2D eigenvalue weighted by molar-refractivity contribution is 0.936. The summed E-state index contributed by atoms with van der Waals surface area (Å²) in [6, 6.07) is 4.13. The first-order chi connectivity index (χ1) is 7.34. The molecule has 0 unspecified atom stereocenters. The summed E-state index contributed by atoms with van der Waals surface area (Å²) >= 11 is 3.50. The Morgan fingerprint density at radius 1 is 1.40 bits per heavy atom. The molecule has 1 aliphatic rings. The number of fused-ring (bicyclic) bond motifs is 1. The van der Waals surface area contributed by atoms with Gasteiger partial charge in [-0.05, 0) is 37.0 Å². The molecule has 0 saturated heterocycles. The predicted octanol–water partition coefficient (Wildman–Crippen LogP) is 3.66. The summed E-state index contributed by atoms with van der Waals surface area (Å²) in [6.07, 6.45) is 9.96. The van der Waals surface area contributed by atoms with Gasteiger partial charge in [0, 0.05) is 16.2 Å². The zero-order valence-corrected chi connectivity index (χ0v) is 9.87. The minimum Gasteiger partial charge on any atom is -0.240 e. The second-order valence-corrected chi connectivity index (χ2v) is 4.77. The van der Waals surface area contributed by atoms with Crippen LogP contribution in [0.4, 0.5) is 0 Å². The summed E-state index contributed by atoms with van der Waals surface area (Å²) in [7, 11) is 0. The average Bonchev–Trinajstić information content (AvgIpc) is 2.83. The number of halogens is 1. The van der Waals surface area contributed by atoms with Crippen molar-refractivity contribution in [1.29, 1.82) is 0 Å². The fraction of sp³-hybridized carbons (Fsp3) is 0.250. The molecule has 0 radical (unpaired) electrons. The Hall–Kier alpha value is -1.09. The number of rotatable bonds is 1. The molecule has 2 aromatic rings. The van der Waals surface area contributed by atoms with Crippen LogP contribution in [0.5, 0.6) is 0 Å². The highest BCUT2D eigenvalue weighted by atomic mass is 79.9. The molecule has 0 spiro atoms. The topological polar surface area (TPSA) is 17.3 Å². The number of hydrogen-bond acceptors (Lipinski definition) is 1. The fourth-order valence-electron chi connectivity index (χ4n) is 2.12. The summed E-state index contributed by atoms with van der Waals surface area (Å²) in [6.45, 7) is 0. The minimum absolute atomic E-state index is 1.11. The van der Waals surface area contributed by atoms with Crippen molar-refractivity contribution in [3.05, 3.63) is 40.6 Å². The highest BCUT2D eigenvalue weighted by molar-refractivity contribution is 9.10. The van der Waals surface area contributed by atoms with Crippen LogP contribution < -0.4 is 0 Å². The Morgan fingerprint density at radius 2 is 2.33 bits per heavy atom. The van der Waals surface area contributed by atoms with E-state index in [0.717, 1.165) is 4.47 Å². The molecular formula is C12H11BrN2. The molecule has 0 aliphatic heterocycles. The largest absolute Gasteiger partial charge is 0.240 e. The molecule has 0 aromatic carbocycles. The van der Waals surface area contributed by atoms with Crippen LogP contribution in [0, 0.1) is 0 Å². The predicted molar refractivity (Wildman–Crippen MR) is 64.7 cm³/mol. The van der Waals surface area contributed by atoms with Crippen molar-refractivity contribution in [1.82, 2.24) is 9.61 Å². The summed E-state index contributed by atoms with van der Waals surface area (Å²) in [5, 5.41) is 4.36. The number of aromatic nitrogens is 2. The third-order valence-electron chi connectivity index (χ3n) is 2.87. The van der Waals surface area contributed by atoms with E-state index in [-0.39, 0.29) is 0 Å². The summed E-state index contributed by atoms with van der Waals surface area (Å²) in [5.74, 6) is 0. The van der Waals surface area contributed by atoms with Crippen molar-refractivity contribution in [2.24, 2.45) is 0 Å². The molecule has 15 heavy (non-hydrogen) atoms. The minimum atomic E-state index is 1.11. The van der Waals surface area contributed by atoms with Gasteiger partial charge in [0.1, 0.15) is 0 Å². The highest BCUT2D eigenvalue weighted by Crippen LogP contribution is 2.30. The second-order valence-electron chi connectivity index (χ2n) is 3.85. The normalized spacial score (nSPS) is 15.9. The fourth-order valence-corrected chi connectivity index (χ4v) is 2.45. The maximum absolute atomic E-state index is 4.36. The number of allylic oxidation sites excluding steroid dienone is 2. The van der Waals surface area contributed by atoms with Crippen LogP contribution in [-0.4, -0.2) is 9.61 Å². The smallest absolute Gasteiger partial charge is 0.0747 e. The summed E-state index contributed by atoms with van der Waals surface area (Å²) in [4.78, 5) is 0. The Kier molecular flexibility index (Phi) is 2.13. The molecule has 1 aliphatic carbocycles. The van der Waals surface area contributed by atoms with Gasteiger partial charge >= 0.3 is 0 Å². The molecule has 3 rings (SSSR count). The van der Waals surface area contributed by atoms with Gasteiger partial charge in [0.2, 0.25) is 0 Å². The SMILES string of the molecule is Brc1ccn2ncc(C3=CCCC3)c2c1. The van der Waals surface area contributed by atoms with Gasteiger partial charge in [0.15, 0.2) is 0 Å². The maximum atomic E-state index is 4.36. The van der Waals surface area contributed by atoms with Crippen molar-refractivity contribution < 1.29 is 0 Å². The quantitative estimate of drug-likeness (QED) is 0.767. The lowest BCUT2D eigenvalue weighted by atomic mass is 10.1. The Bertz CT molecular complexity index is 540. The summed E-state index contributed by atoms with van der Waals surface area (Å²) in [5.41, 5.74) is 3.93. The summed E-state index contributed by atoms with van der Waals surface area (Å²) < 4.78 is 3.04. The molecule has 2 heterocycles. The molecule has 0 fully saturated rings. The van der Waals surface area contributed by atoms with E-state index in [9.17, 15) is 0 Å². The van der Waals surface area contributed by atoms with E-state index in [1.807, 2.05) is 23.0 Å². The van der Waals surface area contributed by atoms with E-state index in [2.05, 4.69) is 33.2 Å². The van der Waals surface area contributed by atoms with E-state index in [4.69, 9.17) is 0 Å². The molecule has 0 bridgehead atoms. The van der Waals surface area contributed by atoms with Gasteiger partial charge in [-0.2, -0.15) is 5.10 Å². The first-order valence-electron chi connectivity index (χ1n) is 5.17. The van der Waals surface area contributed by atoms with Gasteiger partial charge in [-0.3, -0.25) is 0 Å². The molecule has 76 valence electrons. The van der Waals surface area contributed by atoms with E-state index in [1.165, 1.54) is 35.9 Å². The monoisotopic (exact) mass is 262 g/mol. The van der Waals surface area contributed by atoms with Crippen molar-refractivity contribution >= 4 is 27.0 Å². The van der Waals surface area contributed by atoms with Crippen LogP contribution in [0.15, 0.2) is 35.1 Å². The zero-order valence-electron chi connectivity index (χ0n) is 8.28. The first kappa shape index (κ1) is 9.16. The van der Waals surface area contributed by atoms with Gasteiger partial charge in [-0.1, -0.05) is 22.0 Å². The van der Waals surface area contributed by atoms with E-state index in [0.29, 0.717) is 0 Å².